The molecule has 0 N–H and O–H groups in total. The number of hydrogen-bond donors (Lipinski definition) is 0. The monoisotopic (exact) mass is 237 g/mol. The predicted molar refractivity (Wildman–Crippen MR) is 65.2 cm³/mol. The lowest BCUT2D eigenvalue weighted by Crippen LogP contribution is -2.31. The van der Waals surface area contributed by atoms with Crippen LogP contribution in [0.5, 0.6) is 0 Å². The quantitative estimate of drug-likeness (QED) is 0.801. The number of carbonyl (C=O) groups excluding carboxylic acids is 1. The van der Waals surface area contributed by atoms with Crippen molar-refractivity contribution in [1.29, 1.82) is 0 Å². The smallest absolute Gasteiger partial charge is 0.233 e. The van der Waals surface area contributed by atoms with E-state index in [1.54, 1.807) is 18.9 Å². The van der Waals surface area contributed by atoms with E-state index in [-0.39, 0.29) is 11.3 Å². The largest absolute Gasteiger partial charge is 0.383 e. The van der Waals surface area contributed by atoms with Crippen LogP contribution in [0.2, 0.25) is 0 Å². The highest BCUT2D eigenvalue weighted by Gasteiger charge is 2.31. The van der Waals surface area contributed by atoms with Crippen molar-refractivity contribution in [2.75, 3.05) is 26.0 Å². The minimum absolute atomic E-state index is 0.156. The third kappa shape index (κ3) is 2.39. The Morgan fingerprint density at radius 2 is 2.19 bits per heavy atom. The van der Waals surface area contributed by atoms with Crippen LogP contribution in [0.4, 0.5) is 0 Å². The molecule has 1 aromatic rings. The fourth-order valence-electron chi connectivity index (χ4n) is 1.78. The first-order valence-electron chi connectivity index (χ1n) is 5.28. The van der Waals surface area contributed by atoms with Gasteiger partial charge in [-0.1, -0.05) is 30.3 Å². The lowest BCUT2D eigenvalue weighted by atomic mass is 10.2. The molecule has 1 unspecified atom stereocenters. The highest BCUT2D eigenvalue weighted by molar-refractivity contribution is 8.00. The van der Waals surface area contributed by atoms with Crippen molar-refractivity contribution in [3.63, 3.8) is 0 Å². The summed E-state index contributed by atoms with van der Waals surface area (Å²) in [7, 11) is 1.66. The molecule has 1 heterocycles. The van der Waals surface area contributed by atoms with Gasteiger partial charge in [0.25, 0.3) is 0 Å². The van der Waals surface area contributed by atoms with E-state index < -0.39 is 0 Å². The lowest BCUT2D eigenvalue weighted by molar-refractivity contribution is -0.128. The molecule has 0 saturated carbocycles. The van der Waals surface area contributed by atoms with Crippen LogP contribution in [0.3, 0.4) is 0 Å². The van der Waals surface area contributed by atoms with E-state index >= 15 is 0 Å². The van der Waals surface area contributed by atoms with Crippen LogP contribution < -0.4 is 0 Å². The van der Waals surface area contributed by atoms with Crippen LogP contribution in [-0.4, -0.2) is 36.8 Å². The summed E-state index contributed by atoms with van der Waals surface area (Å²) < 4.78 is 5.03. The molecular formula is C12H15NO2S. The van der Waals surface area contributed by atoms with Gasteiger partial charge in [0.2, 0.25) is 5.91 Å². The number of hydrogen-bond acceptors (Lipinski definition) is 3. The summed E-state index contributed by atoms with van der Waals surface area (Å²) >= 11 is 1.68. The molecule has 1 aromatic carbocycles. The number of ether oxygens (including phenoxy) is 1. The minimum Gasteiger partial charge on any atom is -0.383 e. The van der Waals surface area contributed by atoms with Gasteiger partial charge in [-0.3, -0.25) is 4.79 Å². The maximum atomic E-state index is 11.7. The van der Waals surface area contributed by atoms with Crippen LogP contribution in [0, 0.1) is 0 Å². The predicted octanol–water partition coefficient (Wildman–Crippen LogP) is 1.91. The molecule has 0 aromatic heterocycles. The number of rotatable bonds is 4. The molecule has 0 bridgehead atoms. The fourth-order valence-corrected chi connectivity index (χ4v) is 3.00. The van der Waals surface area contributed by atoms with Crippen LogP contribution in [0.15, 0.2) is 30.3 Å². The zero-order valence-corrected chi connectivity index (χ0v) is 10.1. The normalized spacial score (nSPS) is 20.4. The highest BCUT2D eigenvalue weighted by Crippen LogP contribution is 2.37. The standard InChI is InChI=1S/C12H15NO2S/c1-15-8-7-13-11(14)9-16-12(13)10-5-3-2-4-6-10/h2-6,12H,7-9H2,1H3. The molecule has 0 radical (unpaired) electrons. The molecule has 1 fully saturated rings. The fraction of sp³-hybridized carbons (Fsp3) is 0.417. The number of benzene rings is 1. The van der Waals surface area contributed by atoms with Crippen molar-refractivity contribution in [3.8, 4) is 0 Å². The molecule has 1 amide bonds. The first kappa shape index (κ1) is 11.5. The van der Waals surface area contributed by atoms with Gasteiger partial charge in [-0.25, -0.2) is 0 Å². The van der Waals surface area contributed by atoms with E-state index in [0.717, 1.165) is 0 Å². The summed E-state index contributed by atoms with van der Waals surface area (Å²) in [6.45, 7) is 1.26. The molecule has 4 heteroatoms. The van der Waals surface area contributed by atoms with E-state index in [1.807, 2.05) is 23.1 Å². The van der Waals surface area contributed by atoms with Crippen molar-refractivity contribution >= 4 is 17.7 Å². The van der Waals surface area contributed by atoms with Gasteiger partial charge in [0.05, 0.1) is 12.4 Å². The van der Waals surface area contributed by atoms with Gasteiger partial charge < -0.3 is 9.64 Å². The summed E-state index contributed by atoms with van der Waals surface area (Å²) in [6, 6.07) is 10.1. The third-order valence-electron chi connectivity index (χ3n) is 2.59. The van der Waals surface area contributed by atoms with Crippen molar-refractivity contribution < 1.29 is 9.53 Å². The van der Waals surface area contributed by atoms with Crippen LogP contribution in [-0.2, 0) is 9.53 Å². The second-order valence-corrected chi connectivity index (χ2v) is 4.72. The van der Waals surface area contributed by atoms with E-state index in [2.05, 4.69) is 12.1 Å². The summed E-state index contributed by atoms with van der Waals surface area (Å²) in [6.07, 6.45) is 0. The van der Waals surface area contributed by atoms with Crippen molar-refractivity contribution in [3.05, 3.63) is 35.9 Å². The van der Waals surface area contributed by atoms with Crippen LogP contribution in [0.1, 0.15) is 10.9 Å². The zero-order chi connectivity index (χ0) is 11.4. The van der Waals surface area contributed by atoms with Crippen molar-refractivity contribution in [2.45, 2.75) is 5.37 Å². The van der Waals surface area contributed by atoms with Gasteiger partial charge in [0.1, 0.15) is 5.37 Å². The molecule has 3 nitrogen and oxygen atoms in total. The Kier molecular flexibility index (Phi) is 3.85. The lowest BCUT2D eigenvalue weighted by Gasteiger charge is -2.23. The van der Waals surface area contributed by atoms with E-state index in [9.17, 15) is 4.79 Å². The second-order valence-electron chi connectivity index (χ2n) is 3.65. The van der Waals surface area contributed by atoms with E-state index in [0.29, 0.717) is 18.9 Å². The Balaban J connectivity index is 2.11. The van der Waals surface area contributed by atoms with Gasteiger partial charge in [-0.2, -0.15) is 0 Å². The van der Waals surface area contributed by atoms with Crippen molar-refractivity contribution in [2.24, 2.45) is 0 Å². The van der Waals surface area contributed by atoms with Gasteiger partial charge in [0.15, 0.2) is 0 Å². The Morgan fingerprint density at radius 1 is 1.44 bits per heavy atom. The van der Waals surface area contributed by atoms with Crippen LogP contribution >= 0.6 is 11.8 Å². The highest BCUT2D eigenvalue weighted by atomic mass is 32.2. The zero-order valence-electron chi connectivity index (χ0n) is 9.26. The molecule has 86 valence electrons. The Hall–Kier alpha value is -1.00. The first-order valence-corrected chi connectivity index (χ1v) is 6.33. The average molecular weight is 237 g/mol. The molecule has 1 saturated heterocycles. The van der Waals surface area contributed by atoms with Gasteiger partial charge in [-0.15, -0.1) is 11.8 Å². The molecule has 2 rings (SSSR count). The molecule has 0 aliphatic carbocycles. The Bertz CT molecular complexity index is 355. The van der Waals surface area contributed by atoms with Gasteiger partial charge in [0, 0.05) is 13.7 Å². The molecule has 16 heavy (non-hydrogen) atoms. The molecular weight excluding hydrogens is 222 g/mol. The maximum Gasteiger partial charge on any atom is 0.233 e. The summed E-state index contributed by atoms with van der Waals surface area (Å²) in [5, 5.41) is 0.156. The number of amides is 1. The summed E-state index contributed by atoms with van der Waals surface area (Å²) in [5.41, 5.74) is 1.19. The van der Waals surface area contributed by atoms with E-state index in [1.165, 1.54) is 5.56 Å². The third-order valence-corrected chi connectivity index (χ3v) is 3.85. The summed E-state index contributed by atoms with van der Waals surface area (Å²) in [4.78, 5) is 13.6. The Labute approximate surface area is 99.8 Å². The number of carbonyl (C=O) groups is 1. The number of methoxy groups -OCH3 is 1. The minimum atomic E-state index is 0.156. The molecule has 1 aliphatic rings. The topological polar surface area (TPSA) is 29.5 Å². The summed E-state index contributed by atoms with van der Waals surface area (Å²) in [5.74, 6) is 0.777. The first-order chi connectivity index (χ1) is 7.83. The molecule has 1 aliphatic heterocycles. The van der Waals surface area contributed by atoms with Gasteiger partial charge in [-0.05, 0) is 5.56 Å². The van der Waals surface area contributed by atoms with Crippen molar-refractivity contribution in [1.82, 2.24) is 4.90 Å². The number of nitrogens with zero attached hydrogens (tertiary/aromatic N) is 1. The SMILES string of the molecule is COCCN1C(=O)CSC1c1ccccc1. The average Bonchev–Trinajstić information content (AvgIpc) is 2.69. The van der Waals surface area contributed by atoms with Gasteiger partial charge >= 0.3 is 0 Å². The second kappa shape index (κ2) is 5.37. The molecule has 1 atom stereocenters. The van der Waals surface area contributed by atoms with Crippen LogP contribution in [0.25, 0.3) is 0 Å². The Morgan fingerprint density at radius 3 is 2.88 bits per heavy atom. The van der Waals surface area contributed by atoms with E-state index in [4.69, 9.17) is 4.74 Å². The maximum absolute atomic E-state index is 11.7. The molecule has 0 spiro atoms. The number of thioether (sulfide) groups is 1.